The van der Waals surface area contributed by atoms with Crippen LogP contribution in [0, 0.1) is 11.8 Å². The number of rotatable bonds is 2. The number of halogens is 1. The molecule has 0 aliphatic carbocycles. The third kappa shape index (κ3) is 4.79. The van der Waals surface area contributed by atoms with E-state index in [0.29, 0.717) is 12.5 Å². The molecule has 0 aromatic heterocycles. The zero-order valence-corrected chi connectivity index (χ0v) is 16.2. The number of urea groups is 1. The minimum atomic E-state index is -0.0165. The Balaban J connectivity index is 0.00000225. The zero-order valence-electron chi connectivity index (χ0n) is 15.4. The van der Waals surface area contributed by atoms with Crippen molar-refractivity contribution in [1.29, 1.82) is 0 Å². The molecular weight excluding hydrogens is 340 g/mol. The Labute approximate surface area is 157 Å². The number of nitrogens with two attached hydrogens (primary N) is 1. The molecule has 0 spiro atoms. The molecule has 3 rings (SSSR count). The van der Waals surface area contributed by atoms with Gasteiger partial charge in [-0.1, -0.05) is 0 Å². The van der Waals surface area contributed by atoms with E-state index in [9.17, 15) is 9.59 Å². The monoisotopic (exact) mass is 372 g/mol. The van der Waals surface area contributed by atoms with Crippen molar-refractivity contribution in [2.75, 3.05) is 39.3 Å². The molecule has 3 heterocycles. The summed E-state index contributed by atoms with van der Waals surface area (Å²) in [6, 6.07) is 0.353. The van der Waals surface area contributed by atoms with Crippen LogP contribution in [0.3, 0.4) is 0 Å². The lowest BCUT2D eigenvalue weighted by molar-refractivity contribution is -0.138. The fourth-order valence-corrected chi connectivity index (χ4v) is 4.36. The van der Waals surface area contributed by atoms with Crippen LogP contribution in [-0.2, 0) is 4.79 Å². The normalized spacial score (nSPS) is 26.3. The average Bonchev–Trinajstić information content (AvgIpc) is 3.15. The summed E-state index contributed by atoms with van der Waals surface area (Å²) in [4.78, 5) is 31.3. The van der Waals surface area contributed by atoms with E-state index >= 15 is 0 Å². The highest BCUT2D eigenvalue weighted by Gasteiger charge is 2.34. The first-order chi connectivity index (χ1) is 11.6. The van der Waals surface area contributed by atoms with Crippen LogP contribution in [-0.4, -0.2) is 71.9 Å². The van der Waals surface area contributed by atoms with Gasteiger partial charge in [0.2, 0.25) is 5.91 Å². The minimum Gasteiger partial charge on any atom is -0.342 e. The van der Waals surface area contributed by atoms with Crippen molar-refractivity contribution in [2.45, 2.75) is 51.5 Å². The van der Waals surface area contributed by atoms with Crippen LogP contribution in [0.2, 0.25) is 0 Å². The average molecular weight is 373 g/mol. The van der Waals surface area contributed by atoms with E-state index < -0.39 is 0 Å². The zero-order chi connectivity index (χ0) is 17.1. The Bertz CT molecular complexity index is 460. The fraction of sp³-hybridized carbons (Fsp3) is 0.889. The Hall–Kier alpha value is -1.01. The molecule has 3 aliphatic heterocycles. The van der Waals surface area contributed by atoms with Crippen molar-refractivity contribution < 1.29 is 9.59 Å². The van der Waals surface area contributed by atoms with Gasteiger partial charge in [-0.3, -0.25) is 4.79 Å². The van der Waals surface area contributed by atoms with Gasteiger partial charge in [-0.25, -0.2) is 4.79 Å². The van der Waals surface area contributed by atoms with Crippen molar-refractivity contribution in [1.82, 2.24) is 14.7 Å². The van der Waals surface area contributed by atoms with Gasteiger partial charge < -0.3 is 20.4 Å². The lowest BCUT2D eigenvalue weighted by atomic mass is 9.89. The van der Waals surface area contributed by atoms with E-state index in [4.69, 9.17) is 5.73 Å². The molecule has 0 saturated carbocycles. The maximum Gasteiger partial charge on any atom is 0.320 e. The molecule has 3 aliphatic rings. The van der Waals surface area contributed by atoms with E-state index in [1.54, 1.807) is 0 Å². The molecule has 25 heavy (non-hydrogen) atoms. The van der Waals surface area contributed by atoms with E-state index in [0.717, 1.165) is 71.2 Å². The van der Waals surface area contributed by atoms with Crippen LogP contribution in [0.25, 0.3) is 0 Å². The molecule has 0 bridgehead atoms. The number of likely N-dealkylation sites (tertiary alicyclic amines) is 3. The second-order valence-electron chi connectivity index (χ2n) is 7.78. The molecule has 2 N–H and O–H groups in total. The third-order valence-electron chi connectivity index (χ3n) is 6.01. The standard InChI is InChI=1S/C18H32N4O2.ClH/c1-14(19)15-6-11-20(12-7-15)17(23)16-5-4-10-22(13-16)18(24)21-8-2-3-9-21;/h14-16H,2-13,19H2,1H3;1H. The summed E-state index contributed by atoms with van der Waals surface area (Å²) in [6.07, 6.45) is 6.08. The summed E-state index contributed by atoms with van der Waals surface area (Å²) in [5.41, 5.74) is 5.99. The number of piperidine rings is 2. The van der Waals surface area contributed by atoms with Gasteiger partial charge in [-0.05, 0) is 51.4 Å². The molecule has 3 fully saturated rings. The van der Waals surface area contributed by atoms with Gasteiger partial charge in [0.15, 0.2) is 0 Å². The number of amides is 3. The van der Waals surface area contributed by atoms with Crippen LogP contribution in [0.5, 0.6) is 0 Å². The van der Waals surface area contributed by atoms with Crippen molar-refractivity contribution in [2.24, 2.45) is 17.6 Å². The molecule has 3 saturated heterocycles. The van der Waals surface area contributed by atoms with Gasteiger partial charge in [0.05, 0.1) is 5.92 Å². The minimum absolute atomic E-state index is 0. The van der Waals surface area contributed by atoms with Crippen LogP contribution < -0.4 is 5.73 Å². The molecule has 0 aromatic rings. The molecule has 2 unspecified atom stereocenters. The number of carbonyl (C=O) groups excluding carboxylic acids is 2. The Kier molecular flexibility index (Phi) is 7.37. The smallest absolute Gasteiger partial charge is 0.320 e. The highest BCUT2D eigenvalue weighted by atomic mass is 35.5. The number of carbonyl (C=O) groups is 2. The van der Waals surface area contributed by atoms with E-state index in [1.165, 1.54) is 0 Å². The Morgan fingerprint density at radius 1 is 0.880 bits per heavy atom. The molecule has 144 valence electrons. The second-order valence-corrected chi connectivity index (χ2v) is 7.78. The number of hydrogen-bond donors (Lipinski definition) is 1. The number of hydrogen-bond acceptors (Lipinski definition) is 3. The molecule has 2 atom stereocenters. The van der Waals surface area contributed by atoms with Crippen molar-refractivity contribution >= 4 is 24.3 Å². The highest BCUT2D eigenvalue weighted by Crippen LogP contribution is 2.25. The second kappa shape index (κ2) is 9.08. The summed E-state index contributed by atoms with van der Waals surface area (Å²) in [6.45, 7) is 6.85. The summed E-state index contributed by atoms with van der Waals surface area (Å²) >= 11 is 0. The lowest BCUT2D eigenvalue weighted by Crippen LogP contribution is -2.51. The quantitative estimate of drug-likeness (QED) is 0.805. The van der Waals surface area contributed by atoms with Gasteiger partial charge >= 0.3 is 6.03 Å². The Morgan fingerprint density at radius 3 is 2.08 bits per heavy atom. The lowest BCUT2D eigenvalue weighted by Gasteiger charge is -2.39. The van der Waals surface area contributed by atoms with E-state index in [2.05, 4.69) is 6.92 Å². The van der Waals surface area contributed by atoms with E-state index in [1.807, 2.05) is 14.7 Å². The topological polar surface area (TPSA) is 69.9 Å². The molecule has 6 nitrogen and oxygen atoms in total. The predicted octanol–water partition coefficient (Wildman–Crippen LogP) is 1.92. The molecular formula is C18H33ClN4O2. The molecule has 0 radical (unpaired) electrons. The van der Waals surface area contributed by atoms with Gasteiger partial charge in [-0.15, -0.1) is 12.4 Å². The molecule has 7 heteroatoms. The number of nitrogens with zero attached hydrogens (tertiary/aromatic N) is 3. The summed E-state index contributed by atoms with van der Waals surface area (Å²) in [5, 5.41) is 0. The Morgan fingerprint density at radius 2 is 1.48 bits per heavy atom. The SMILES string of the molecule is CC(N)C1CCN(C(=O)C2CCCN(C(=O)N3CCCC3)C2)CC1.Cl. The van der Waals surface area contributed by atoms with Crippen LogP contribution in [0.4, 0.5) is 4.79 Å². The fourth-order valence-electron chi connectivity index (χ4n) is 4.36. The maximum atomic E-state index is 12.9. The molecule has 3 amide bonds. The maximum absolute atomic E-state index is 12.9. The van der Waals surface area contributed by atoms with Gasteiger partial charge in [-0.2, -0.15) is 0 Å². The van der Waals surface area contributed by atoms with Gasteiger partial charge in [0, 0.05) is 45.3 Å². The van der Waals surface area contributed by atoms with Crippen molar-refractivity contribution in [3.05, 3.63) is 0 Å². The van der Waals surface area contributed by atoms with Gasteiger partial charge in [0.25, 0.3) is 0 Å². The van der Waals surface area contributed by atoms with Crippen molar-refractivity contribution in [3.8, 4) is 0 Å². The molecule has 0 aromatic carbocycles. The first-order valence-electron chi connectivity index (χ1n) is 9.64. The van der Waals surface area contributed by atoms with Crippen molar-refractivity contribution in [3.63, 3.8) is 0 Å². The predicted molar refractivity (Wildman–Crippen MR) is 101 cm³/mol. The first-order valence-corrected chi connectivity index (χ1v) is 9.64. The van der Waals surface area contributed by atoms with Crippen LogP contribution in [0.1, 0.15) is 45.4 Å². The van der Waals surface area contributed by atoms with E-state index in [-0.39, 0.29) is 36.3 Å². The van der Waals surface area contributed by atoms with Gasteiger partial charge in [0.1, 0.15) is 0 Å². The summed E-state index contributed by atoms with van der Waals surface area (Å²) < 4.78 is 0. The summed E-state index contributed by atoms with van der Waals surface area (Å²) in [5.74, 6) is 0.767. The first kappa shape index (κ1) is 20.3. The largest absolute Gasteiger partial charge is 0.342 e. The summed E-state index contributed by atoms with van der Waals surface area (Å²) in [7, 11) is 0. The van der Waals surface area contributed by atoms with Crippen LogP contribution >= 0.6 is 12.4 Å². The third-order valence-corrected chi connectivity index (χ3v) is 6.01. The van der Waals surface area contributed by atoms with Crippen LogP contribution in [0.15, 0.2) is 0 Å². The highest BCUT2D eigenvalue weighted by molar-refractivity contribution is 5.85.